The normalized spacial score (nSPS) is 10.9. The van der Waals surface area contributed by atoms with E-state index in [2.05, 4.69) is 0 Å². The fraction of sp³-hybridized carbons (Fsp3) is 0. The van der Waals surface area contributed by atoms with E-state index in [9.17, 15) is 14.9 Å². The van der Waals surface area contributed by atoms with Crippen LogP contribution in [0, 0.1) is 10.1 Å². The molecular weight excluding hydrogens is 349 g/mol. The zero-order valence-electron chi connectivity index (χ0n) is 10.9. The van der Waals surface area contributed by atoms with Crippen LogP contribution in [0.25, 0.3) is 6.08 Å². The highest BCUT2D eigenvalue weighted by molar-refractivity contribution is 6.36. The third-order valence-electron chi connectivity index (χ3n) is 2.79. The highest BCUT2D eigenvalue weighted by atomic mass is 35.5. The van der Waals surface area contributed by atoms with E-state index in [1.54, 1.807) is 12.1 Å². The molecule has 112 valence electrons. The standard InChI is InChI=1S/C15H8Cl3NO3/c16-10-3-5-12(17)11(8-10)15(20)6-2-9-1-4-13(18)14(7-9)19(21)22/h1-8H/b6-2+. The van der Waals surface area contributed by atoms with Crippen LogP contribution in [0.5, 0.6) is 0 Å². The second-order valence-electron chi connectivity index (χ2n) is 4.29. The molecule has 0 fully saturated rings. The smallest absolute Gasteiger partial charge is 0.288 e. The number of carbonyl (C=O) groups excluding carboxylic acids is 1. The van der Waals surface area contributed by atoms with Crippen molar-refractivity contribution in [2.75, 3.05) is 0 Å². The zero-order valence-corrected chi connectivity index (χ0v) is 13.2. The Balaban J connectivity index is 2.28. The van der Waals surface area contributed by atoms with Crippen molar-refractivity contribution < 1.29 is 9.72 Å². The van der Waals surface area contributed by atoms with Crippen molar-refractivity contribution in [3.05, 3.63) is 78.8 Å². The second kappa shape index (κ2) is 6.92. The van der Waals surface area contributed by atoms with Crippen LogP contribution in [0.15, 0.2) is 42.5 Å². The van der Waals surface area contributed by atoms with Crippen molar-refractivity contribution in [3.8, 4) is 0 Å². The lowest BCUT2D eigenvalue weighted by molar-refractivity contribution is -0.384. The van der Waals surface area contributed by atoms with Crippen LogP contribution in [0.3, 0.4) is 0 Å². The third kappa shape index (κ3) is 3.85. The molecule has 0 saturated carbocycles. The van der Waals surface area contributed by atoms with Crippen LogP contribution in [-0.2, 0) is 0 Å². The molecule has 0 aliphatic rings. The quantitative estimate of drug-likeness (QED) is 0.317. The molecule has 2 aromatic rings. The Hall–Kier alpha value is -1.88. The summed E-state index contributed by atoms with van der Waals surface area (Å²) < 4.78 is 0. The Morgan fingerprint density at radius 3 is 2.41 bits per heavy atom. The molecule has 0 aliphatic heterocycles. The minimum atomic E-state index is -0.588. The van der Waals surface area contributed by atoms with E-state index >= 15 is 0 Å². The van der Waals surface area contributed by atoms with Crippen LogP contribution >= 0.6 is 34.8 Å². The van der Waals surface area contributed by atoms with Gasteiger partial charge in [-0.05, 0) is 35.9 Å². The molecule has 0 atom stereocenters. The van der Waals surface area contributed by atoms with Gasteiger partial charge in [0.05, 0.1) is 9.95 Å². The average molecular weight is 357 g/mol. The number of nitro groups is 1. The van der Waals surface area contributed by atoms with E-state index in [-0.39, 0.29) is 27.1 Å². The molecule has 0 bridgehead atoms. The molecule has 0 unspecified atom stereocenters. The van der Waals surface area contributed by atoms with Gasteiger partial charge in [0.25, 0.3) is 5.69 Å². The molecule has 0 amide bonds. The number of ketones is 1. The molecule has 4 nitrogen and oxygen atoms in total. The summed E-state index contributed by atoms with van der Waals surface area (Å²) in [5.41, 5.74) is 0.508. The molecule has 2 rings (SSSR count). The SMILES string of the molecule is O=C(/C=C/c1ccc(Cl)c([N+](=O)[O-])c1)c1cc(Cl)ccc1Cl. The van der Waals surface area contributed by atoms with Gasteiger partial charge >= 0.3 is 0 Å². The maximum absolute atomic E-state index is 12.1. The van der Waals surface area contributed by atoms with Crippen LogP contribution in [0.1, 0.15) is 15.9 Å². The van der Waals surface area contributed by atoms with Gasteiger partial charge in [0.15, 0.2) is 5.78 Å². The first-order chi connectivity index (χ1) is 10.4. The molecule has 0 N–H and O–H groups in total. The molecule has 22 heavy (non-hydrogen) atoms. The summed E-state index contributed by atoms with van der Waals surface area (Å²) >= 11 is 17.5. The molecule has 0 aromatic heterocycles. The van der Waals surface area contributed by atoms with E-state index in [0.29, 0.717) is 10.6 Å². The summed E-state index contributed by atoms with van der Waals surface area (Å²) in [5.74, 6) is -0.356. The van der Waals surface area contributed by atoms with E-state index in [0.717, 1.165) is 0 Å². The summed E-state index contributed by atoms with van der Waals surface area (Å²) in [6.07, 6.45) is 2.72. The molecule has 0 aliphatic carbocycles. The van der Waals surface area contributed by atoms with Crippen molar-refractivity contribution in [2.24, 2.45) is 0 Å². The Bertz CT molecular complexity index is 788. The maximum Gasteiger partial charge on any atom is 0.288 e. The largest absolute Gasteiger partial charge is 0.289 e. The summed E-state index contributed by atoms with van der Waals surface area (Å²) in [5, 5.41) is 11.5. The predicted octanol–water partition coefficient (Wildman–Crippen LogP) is 5.45. The summed E-state index contributed by atoms with van der Waals surface area (Å²) in [7, 11) is 0. The molecule has 7 heteroatoms. The van der Waals surface area contributed by atoms with Gasteiger partial charge in [0.1, 0.15) is 5.02 Å². The predicted molar refractivity (Wildman–Crippen MR) is 87.9 cm³/mol. The van der Waals surface area contributed by atoms with Crippen molar-refractivity contribution in [1.82, 2.24) is 0 Å². The summed E-state index contributed by atoms with van der Waals surface area (Å²) in [4.78, 5) is 22.3. The van der Waals surface area contributed by atoms with Crippen molar-refractivity contribution >= 4 is 52.3 Å². The van der Waals surface area contributed by atoms with Crippen LogP contribution in [0.2, 0.25) is 15.1 Å². The molecule has 2 aromatic carbocycles. The number of nitro benzene ring substituents is 1. The second-order valence-corrected chi connectivity index (χ2v) is 5.54. The number of allylic oxidation sites excluding steroid dienone is 1. The Morgan fingerprint density at radius 1 is 1.05 bits per heavy atom. The van der Waals surface area contributed by atoms with Crippen LogP contribution in [-0.4, -0.2) is 10.7 Å². The molecule has 0 spiro atoms. The van der Waals surface area contributed by atoms with E-state index in [4.69, 9.17) is 34.8 Å². The Kier molecular flexibility index (Phi) is 5.19. The first-order valence-corrected chi connectivity index (χ1v) is 7.13. The highest BCUT2D eigenvalue weighted by Gasteiger charge is 2.12. The van der Waals surface area contributed by atoms with Gasteiger partial charge in [-0.15, -0.1) is 0 Å². The lowest BCUT2D eigenvalue weighted by Crippen LogP contribution is -1.95. The van der Waals surface area contributed by atoms with Gasteiger partial charge in [-0.2, -0.15) is 0 Å². The van der Waals surface area contributed by atoms with Gasteiger partial charge in [0, 0.05) is 16.7 Å². The fourth-order valence-corrected chi connectivity index (χ4v) is 2.29. The lowest BCUT2D eigenvalue weighted by Gasteiger charge is -2.01. The minimum absolute atomic E-state index is 0.0337. The lowest BCUT2D eigenvalue weighted by atomic mass is 10.1. The summed E-state index contributed by atoms with van der Waals surface area (Å²) in [6, 6.07) is 8.81. The van der Waals surface area contributed by atoms with Crippen molar-refractivity contribution in [1.29, 1.82) is 0 Å². The minimum Gasteiger partial charge on any atom is -0.289 e. The van der Waals surface area contributed by atoms with E-state index < -0.39 is 4.92 Å². The van der Waals surface area contributed by atoms with E-state index in [1.807, 2.05) is 0 Å². The summed E-state index contributed by atoms with van der Waals surface area (Å²) in [6.45, 7) is 0. The third-order valence-corrected chi connectivity index (χ3v) is 3.67. The van der Waals surface area contributed by atoms with Gasteiger partial charge < -0.3 is 0 Å². The fourth-order valence-electron chi connectivity index (χ4n) is 1.72. The number of nitrogens with zero attached hydrogens (tertiary/aromatic N) is 1. The number of hydrogen-bond donors (Lipinski definition) is 0. The topological polar surface area (TPSA) is 60.2 Å². The monoisotopic (exact) mass is 355 g/mol. The first-order valence-electron chi connectivity index (χ1n) is 6.00. The first kappa shape index (κ1) is 16.5. The van der Waals surface area contributed by atoms with Crippen LogP contribution in [0.4, 0.5) is 5.69 Å². The van der Waals surface area contributed by atoms with Crippen molar-refractivity contribution in [2.45, 2.75) is 0 Å². The highest BCUT2D eigenvalue weighted by Crippen LogP contribution is 2.26. The number of halogens is 3. The number of benzene rings is 2. The number of carbonyl (C=O) groups is 1. The number of rotatable bonds is 4. The molecular formula is C15H8Cl3NO3. The average Bonchev–Trinajstić information content (AvgIpc) is 2.48. The maximum atomic E-state index is 12.1. The molecule has 0 heterocycles. The van der Waals surface area contributed by atoms with Gasteiger partial charge in [-0.1, -0.05) is 46.9 Å². The van der Waals surface area contributed by atoms with Crippen LogP contribution < -0.4 is 0 Å². The Labute approximate surface area is 141 Å². The van der Waals surface area contributed by atoms with Gasteiger partial charge in [-0.3, -0.25) is 14.9 Å². The van der Waals surface area contributed by atoms with Gasteiger partial charge in [0.2, 0.25) is 0 Å². The van der Waals surface area contributed by atoms with Crippen molar-refractivity contribution in [3.63, 3.8) is 0 Å². The van der Waals surface area contributed by atoms with E-state index in [1.165, 1.54) is 36.4 Å². The van der Waals surface area contributed by atoms with Gasteiger partial charge in [-0.25, -0.2) is 0 Å². The molecule has 0 saturated heterocycles. The Morgan fingerprint density at radius 2 is 1.73 bits per heavy atom. The number of hydrogen-bond acceptors (Lipinski definition) is 3. The zero-order chi connectivity index (χ0) is 16.3. The molecule has 0 radical (unpaired) electrons.